The average Bonchev–Trinajstić information content (AvgIpc) is 3.22. The van der Waals surface area contributed by atoms with E-state index in [-0.39, 0.29) is 5.76 Å². The fourth-order valence-corrected chi connectivity index (χ4v) is 3.79. The smallest absolute Gasteiger partial charge is 0.307 e. The summed E-state index contributed by atoms with van der Waals surface area (Å²) in [7, 11) is 1.53. The van der Waals surface area contributed by atoms with E-state index in [0.717, 1.165) is 15.4 Å². The van der Waals surface area contributed by atoms with Crippen molar-refractivity contribution in [2.24, 2.45) is 5.10 Å². The number of nitrogens with zero attached hydrogens (tertiary/aromatic N) is 1. The zero-order valence-electron chi connectivity index (χ0n) is 17.9. The van der Waals surface area contributed by atoms with E-state index >= 15 is 0 Å². The Bertz CT molecular complexity index is 1330. The molecule has 1 heterocycles. The highest BCUT2D eigenvalue weighted by atomic mass is 79.9. The molecule has 1 aromatic heterocycles. The van der Waals surface area contributed by atoms with Crippen molar-refractivity contribution in [3.05, 3.63) is 92.6 Å². The van der Waals surface area contributed by atoms with Crippen molar-refractivity contribution >= 4 is 50.6 Å². The van der Waals surface area contributed by atoms with E-state index < -0.39 is 5.91 Å². The molecule has 0 atom stereocenters. The van der Waals surface area contributed by atoms with Crippen molar-refractivity contribution in [1.29, 1.82) is 0 Å². The van der Waals surface area contributed by atoms with Gasteiger partial charge in [0.2, 0.25) is 0 Å². The number of rotatable bonds is 7. The standard InChI is InChI=1S/C25H20BrClN2O4/c1-15-3-5-16(6-4-15)14-32-24-20(27)9-17(10-22(24)31-2)13-28-29-25(30)23-12-18-11-19(26)7-8-21(18)33-23/h3-13H,14H2,1-2H3,(H,29,30)/b28-13+. The van der Waals surface area contributed by atoms with E-state index in [1.807, 2.05) is 43.3 Å². The summed E-state index contributed by atoms with van der Waals surface area (Å²) in [6.45, 7) is 2.39. The van der Waals surface area contributed by atoms with Crippen LogP contribution in [-0.4, -0.2) is 19.2 Å². The maximum atomic E-state index is 12.4. The quantitative estimate of drug-likeness (QED) is 0.220. The Hall–Kier alpha value is -3.29. The molecule has 0 saturated carbocycles. The number of benzene rings is 3. The Labute approximate surface area is 204 Å². The van der Waals surface area contributed by atoms with E-state index in [2.05, 4.69) is 26.5 Å². The van der Waals surface area contributed by atoms with E-state index in [0.29, 0.717) is 34.3 Å². The summed E-state index contributed by atoms with van der Waals surface area (Å²) in [4.78, 5) is 12.4. The lowest BCUT2D eigenvalue weighted by molar-refractivity contribution is 0.0929. The fourth-order valence-electron chi connectivity index (χ4n) is 3.14. The van der Waals surface area contributed by atoms with Gasteiger partial charge in [0, 0.05) is 9.86 Å². The van der Waals surface area contributed by atoms with Gasteiger partial charge in [-0.05, 0) is 54.4 Å². The molecule has 0 radical (unpaired) electrons. The first-order chi connectivity index (χ1) is 15.9. The molecule has 33 heavy (non-hydrogen) atoms. The van der Waals surface area contributed by atoms with Gasteiger partial charge in [0.15, 0.2) is 17.3 Å². The summed E-state index contributed by atoms with van der Waals surface area (Å²) in [6.07, 6.45) is 1.47. The van der Waals surface area contributed by atoms with Crippen molar-refractivity contribution < 1.29 is 18.7 Å². The van der Waals surface area contributed by atoms with Crippen LogP contribution in [0.2, 0.25) is 5.02 Å². The first-order valence-corrected chi connectivity index (χ1v) is 11.2. The van der Waals surface area contributed by atoms with Crippen molar-refractivity contribution in [3.8, 4) is 11.5 Å². The summed E-state index contributed by atoms with van der Waals surface area (Å²) < 4.78 is 17.8. The molecule has 1 N–H and O–H groups in total. The highest BCUT2D eigenvalue weighted by Crippen LogP contribution is 2.36. The lowest BCUT2D eigenvalue weighted by Crippen LogP contribution is -2.16. The topological polar surface area (TPSA) is 73.1 Å². The summed E-state index contributed by atoms with van der Waals surface area (Å²) in [5, 5.41) is 5.19. The lowest BCUT2D eigenvalue weighted by Gasteiger charge is -2.13. The summed E-state index contributed by atoms with van der Waals surface area (Å²) in [5.41, 5.74) is 5.90. The molecular weight excluding hydrogens is 508 g/mol. The van der Waals surface area contributed by atoms with Crippen LogP contribution in [0.25, 0.3) is 11.0 Å². The zero-order valence-corrected chi connectivity index (χ0v) is 20.2. The molecule has 0 spiro atoms. The van der Waals surface area contributed by atoms with Crippen LogP contribution in [0.3, 0.4) is 0 Å². The molecule has 168 valence electrons. The van der Waals surface area contributed by atoms with Crippen LogP contribution in [0.1, 0.15) is 27.2 Å². The highest BCUT2D eigenvalue weighted by molar-refractivity contribution is 9.10. The summed E-state index contributed by atoms with van der Waals surface area (Å²) >= 11 is 9.82. The number of aryl methyl sites for hydroxylation is 1. The fraction of sp³-hybridized carbons (Fsp3) is 0.120. The molecule has 3 aromatic carbocycles. The molecule has 1 amide bonds. The molecule has 4 rings (SSSR count). The Balaban J connectivity index is 1.44. The molecule has 0 aliphatic heterocycles. The van der Waals surface area contributed by atoms with Gasteiger partial charge < -0.3 is 13.9 Å². The second-order valence-electron chi connectivity index (χ2n) is 7.30. The maximum Gasteiger partial charge on any atom is 0.307 e. The van der Waals surface area contributed by atoms with Gasteiger partial charge in [0.25, 0.3) is 0 Å². The number of hydrazone groups is 1. The number of fused-ring (bicyclic) bond motifs is 1. The third-order valence-corrected chi connectivity index (χ3v) is 5.61. The number of ether oxygens (including phenoxy) is 2. The number of halogens is 2. The number of nitrogens with one attached hydrogen (secondary N) is 1. The van der Waals surface area contributed by atoms with Gasteiger partial charge in [-0.25, -0.2) is 5.43 Å². The molecule has 0 saturated heterocycles. The van der Waals surface area contributed by atoms with Gasteiger partial charge in [-0.3, -0.25) is 4.79 Å². The number of furan rings is 1. The van der Waals surface area contributed by atoms with Crippen LogP contribution in [-0.2, 0) is 6.61 Å². The first kappa shape index (κ1) is 22.9. The summed E-state index contributed by atoms with van der Waals surface area (Å²) in [5.74, 6) is 0.602. The molecule has 0 unspecified atom stereocenters. The van der Waals surface area contributed by atoms with Crippen molar-refractivity contribution in [1.82, 2.24) is 5.43 Å². The molecule has 8 heteroatoms. The first-order valence-electron chi connectivity index (χ1n) is 10.0. The van der Waals surface area contributed by atoms with Crippen LogP contribution < -0.4 is 14.9 Å². The largest absolute Gasteiger partial charge is 0.493 e. The molecule has 6 nitrogen and oxygen atoms in total. The van der Waals surface area contributed by atoms with Gasteiger partial charge in [-0.1, -0.05) is 57.4 Å². The predicted molar refractivity (Wildman–Crippen MR) is 132 cm³/mol. The number of hydrogen-bond acceptors (Lipinski definition) is 5. The zero-order chi connectivity index (χ0) is 23.4. The van der Waals surface area contributed by atoms with Gasteiger partial charge >= 0.3 is 5.91 Å². The van der Waals surface area contributed by atoms with Gasteiger partial charge in [0.1, 0.15) is 12.2 Å². The van der Waals surface area contributed by atoms with Crippen LogP contribution in [0.4, 0.5) is 0 Å². The normalized spacial score (nSPS) is 11.2. The number of amides is 1. The van der Waals surface area contributed by atoms with E-state index in [1.54, 1.807) is 24.3 Å². The van der Waals surface area contributed by atoms with Crippen LogP contribution >= 0.6 is 27.5 Å². The number of carbonyl (C=O) groups excluding carboxylic acids is 1. The lowest BCUT2D eigenvalue weighted by atomic mass is 10.1. The SMILES string of the molecule is COc1cc(/C=N/NC(=O)c2cc3cc(Br)ccc3o2)cc(Cl)c1OCc1ccc(C)cc1. The van der Waals surface area contributed by atoms with Crippen molar-refractivity contribution in [2.75, 3.05) is 7.11 Å². The summed E-state index contributed by atoms with van der Waals surface area (Å²) in [6, 6.07) is 18.6. The van der Waals surface area contributed by atoms with Gasteiger partial charge in [-0.15, -0.1) is 0 Å². The van der Waals surface area contributed by atoms with Crippen LogP contribution in [0.15, 0.2) is 74.7 Å². The maximum absolute atomic E-state index is 12.4. The van der Waals surface area contributed by atoms with Crippen LogP contribution in [0.5, 0.6) is 11.5 Å². The highest BCUT2D eigenvalue weighted by Gasteiger charge is 2.13. The predicted octanol–water partition coefficient (Wildman–Crippen LogP) is 6.51. The van der Waals surface area contributed by atoms with E-state index in [1.165, 1.54) is 18.9 Å². The Morgan fingerprint density at radius 3 is 2.70 bits per heavy atom. The second-order valence-corrected chi connectivity index (χ2v) is 8.62. The Morgan fingerprint density at radius 2 is 1.94 bits per heavy atom. The third-order valence-electron chi connectivity index (χ3n) is 4.84. The Morgan fingerprint density at radius 1 is 1.15 bits per heavy atom. The minimum absolute atomic E-state index is 0.163. The average molecular weight is 528 g/mol. The molecule has 0 aliphatic rings. The van der Waals surface area contributed by atoms with E-state index in [9.17, 15) is 4.79 Å². The molecular formula is C25H20BrClN2O4. The van der Waals surface area contributed by atoms with Crippen molar-refractivity contribution in [2.45, 2.75) is 13.5 Å². The molecule has 0 bridgehead atoms. The number of methoxy groups -OCH3 is 1. The van der Waals surface area contributed by atoms with Gasteiger partial charge in [0.05, 0.1) is 18.3 Å². The van der Waals surface area contributed by atoms with Gasteiger partial charge in [-0.2, -0.15) is 5.10 Å². The molecule has 4 aromatic rings. The van der Waals surface area contributed by atoms with Crippen LogP contribution in [0, 0.1) is 6.92 Å². The number of hydrogen-bond donors (Lipinski definition) is 1. The minimum atomic E-state index is -0.463. The minimum Gasteiger partial charge on any atom is -0.493 e. The Kier molecular flexibility index (Phi) is 7.01. The number of carbonyl (C=O) groups is 1. The third kappa shape index (κ3) is 5.56. The van der Waals surface area contributed by atoms with E-state index in [4.69, 9.17) is 25.5 Å². The molecule has 0 aliphatic carbocycles. The van der Waals surface area contributed by atoms with Crippen molar-refractivity contribution in [3.63, 3.8) is 0 Å². The second kappa shape index (κ2) is 10.1. The monoisotopic (exact) mass is 526 g/mol. The molecule has 0 fully saturated rings.